The van der Waals surface area contributed by atoms with Gasteiger partial charge in [-0.15, -0.1) is 0 Å². The third-order valence-electron chi connectivity index (χ3n) is 2.38. The van der Waals surface area contributed by atoms with E-state index in [1.807, 2.05) is 6.20 Å². The van der Waals surface area contributed by atoms with Crippen molar-refractivity contribution >= 4 is 34.2 Å². The van der Waals surface area contributed by atoms with Crippen molar-refractivity contribution < 1.29 is 9.53 Å². The molecule has 0 amide bonds. The van der Waals surface area contributed by atoms with Crippen LogP contribution in [0.4, 0.5) is 5.69 Å². The molecule has 0 aliphatic heterocycles. The van der Waals surface area contributed by atoms with Crippen molar-refractivity contribution in [1.29, 1.82) is 0 Å². The Labute approximate surface area is 118 Å². The monoisotopic (exact) mass is 357 g/mol. The standard InChI is InChI=1S/C12H12IN3O2/c1-2-18-12(17)9-4-3-5-10(11(9)14)16-7-8(13)6-15-16/h3-7H,2,14H2,1H3. The van der Waals surface area contributed by atoms with Crippen LogP contribution in [0.3, 0.4) is 0 Å². The number of para-hydroxylation sites is 1. The quantitative estimate of drug-likeness (QED) is 0.520. The predicted molar refractivity (Wildman–Crippen MR) is 76.6 cm³/mol. The highest BCUT2D eigenvalue weighted by atomic mass is 127. The zero-order chi connectivity index (χ0) is 13.1. The normalized spacial score (nSPS) is 10.3. The van der Waals surface area contributed by atoms with Crippen LogP contribution in [0.1, 0.15) is 17.3 Å². The number of nitrogens with zero attached hydrogens (tertiary/aromatic N) is 2. The van der Waals surface area contributed by atoms with Gasteiger partial charge in [0.15, 0.2) is 0 Å². The average Bonchev–Trinajstić information content (AvgIpc) is 2.76. The van der Waals surface area contributed by atoms with Crippen LogP contribution in [0, 0.1) is 3.57 Å². The Morgan fingerprint density at radius 3 is 2.94 bits per heavy atom. The average molecular weight is 357 g/mol. The maximum Gasteiger partial charge on any atom is 0.340 e. The summed E-state index contributed by atoms with van der Waals surface area (Å²) in [6, 6.07) is 5.21. The van der Waals surface area contributed by atoms with E-state index in [0.29, 0.717) is 23.5 Å². The summed E-state index contributed by atoms with van der Waals surface area (Å²) in [6.07, 6.45) is 3.55. The van der Waals surface area contributed by atoms with Crippen molar-refractivity contribution in [2.75, 3.05) is 12.3 Å². The lowest BCUT2D eigenvalue weighted by Crippen LogP contribution is -2.10. The van der Waals surface area contributed by atoms with Crippen LogP contribution in [0.5, 0.6) is 0 Å². The van der Waals surface area contributed by atoms with Crippen LogP contribution in [0.2, 0.25) is 0 Å². The topological polar surface area (TPSA) is 70.1 Å². The molecule has 0 saturated heterocycles. The summed E-state index contributed by atoms with van der Waals surface area (Å²) in [5.41, 5.74) is 7.39. The van der Waals surface area contributed by atoms with Gasteiger partial charge in [0.1, 0.15) is 0 Å². The number of benzene rings is 1. The molecule has 1 aromatic heterocycles. The van der Waals surface area contributed by atoms with Crippen LogP contribution < -0.4 is 5.73 Å². The molecule has 0 saturated carbocycles. The van der Waals surface area contributed by atoms with Crippen LogP contribution in [-0.4, -0.2) is 22.4 Å². The van der Waals surface area contributed by atoms with E-state index in [9.17, 15) is 4.79 Å². The van der Waals surface area contributed by atoms with Crippen molar-refractivity contribution in [2.45, 2.75) is 6.92 Å². The molecule has 1 aromatic carbocycles. The molecule has 0 bridgehead atoms. The molecule has 0 aliphatic rings. The number of halogens is 1. The summed E-state index contributed by atoms with van der Waals surface area (Å²) in [6.45, 7) is 2.08. The number of hydrogen-bond acceptors (Lipinski definition) is 4. The van der Waals surface area contributed by atoms with Crippen LogP contribution in [-0.2, 0) is 4.74 Å². The van der Waals surface area contributed by atoms with E-state index < -0.39 is 5.97 Å². The van der Waals surface area contributed by atoms with Gasteiger partial charge >= 0.3 is 5.97 Å². The van der Waals surface area contributed by atoms with Crippen LogP contribution in [0.25, 0.3) is 5.69 Å². The number of ether oxygens (including phenoxy) is 1. The van der Waals surface area contributed by atoms with Gasteiger partial charge in [-0.2, -0.15) is 5.10 Å². The zero-order valence-corrected chi connectivity index (χ0v) is 11.9. The number of nitrogen functional groups attached to an aromatic ring is 1. The third-order valence-corrected chi connectivity index (χ3v) is 2.93. The smallest absolute Gasteiger partial charge is 0.340 e. The number of nitrogens with two attached hydrogens (primary N) is 1. The molecule has 0 fully saturated rings. The first-order chi connectivity index (χ1) is 8.63. The first-order valence-corrected chi connectivity index (χ1v) is 6.47. The largest absolute Gasteiger partial charge is 0.462 e. The van der Waals surface area contributed by atoms with Gasteiger partial charge in [-0.1, -0.05) is 6.07 Å². The Morgan fingerprint density at radius 2 is 2.33 bits per heavy atom. The number of carbonyl (C=O) groups is 1. The number of esters is 1. The summed E-state index contributed by atoms with van der Waals surface area (Å²) in [7, 11) is 0. The molecule has 0 aliphatic carbocycles. The number of hydrogen-bond donors (Lipinski definition) is 1. The Bertz CT molecular complexity index is 580. The lowest BCUT2D eigenvalue weighted by atomic mass is 10.1. The highest BCUT2D eigenvalue weighted by Crippen LogP contribution is 2.22. The highest BCUT2D eigenvalue weighted by Gasteiger charge is 2.14. The second-order valence-corrected chi connectivity index (χ2v) is 4.81. The van der Waals surface area contributed by atoms with Crippen molar-refractivity contribution in [3.8, 4) is 5.69 Å². The van der Waals surface area contributed by atoms with Gasteiger partial charge in [-0.25, -0.2) is 9.48 Å². The van der Waals surface area contributed by atoms with Crippen molar-refractivity contribution in [3.63, 3.8) is 0 Å². The Balaban J connectivity index is 2.45. The van der Waals surface area contributed by atoms with Gasteiger partial charge in [-0.3, -0.25) is 0 Å². The van der Waals surface area contributed by atoms with E-state index >= 15 is 0 Å². The fraction of sp³-hybridized carbons (Fsp3) is 0.167. The van der Waals surface area contributed by atoms with Crippen molar-refractivity contribution in [1.82, 2.24) is 9.78 Å². The number of rotatable bonds is 3. The van der Waals surface area contributed by atoms with Gasteiger partial charge in [0.2, 0.25) is 0 Å². The second kappa shape index (κ2) is 5.38. The molecule has 0 radical (unpaired) electrons. The lowest BCUT2D eigenvalue weighted by molar-refractivity contribution is 0.0527. The zero-order valence-electron chi connectivity index (χ0n) is 9.76. The molecular weight excluding hydrogens is 345 g/mol. The SMILES string of the molecule is CCOC(=O)c1cccc(-n2cc(I)cn2)c1N. The van der Waals surface area contributed by atoms with E-state index in [1.165, 1.54) is 0 Å². The fourth-order valence-corrected chi connectivity index (χ4v) is 1.96. The summed E-state index contributed by atoms with van der Waals surface area (Å²) in [5, 5.41) is 4.17. The Morgan fingerprint density at radius 1 is 1.56 bits per heavy atom. The molecule has 0 spiro atoms. The van der Waals surface area contributed by atoms with Crippen molar-refractivity contribution in [2.24, 2.45) is 0 Å². The number of anilines is 1. The minimum atomic E-state index is -0.418. The maximum absolute atomic E-state index is 11.7. The molecule has 2 aromatic rings. The van der Waals surface area contributed by atoms with E-state index in [1.54, 1.807) is 36.0 Å². The van der Waals surface area contributed by atoms with E-state index in [4.69, 9.17) is 10.5 Å². The molecular formula is C12H12IN3O2. The number of carbonyl (C=O) groups excluding carboxylic acids is 1. The first-order valence-electron chi connectivity index (χ1n) is 5.39. The molecule has 0 unspecified atom stereocenters. The number of aromatic nitrogens is 2. The van der Waals surface area contributed by atoms with Gasteiger partial charge in [0, 0.05) is 6.20 Å². The molecule has 18 heavy (non-hydrogen) atoms. The summed E-state index contributed by atoms with van der Waals surface area (Å²) < 4.78 is 7.59. The molecule has 0 atom stereocenters. The minimum absolute atomic E-state index is 0.322. The van der Waals surface area contributed by atoms with Gasteiger partial charge < -0.3 is 10.5 Å². The summed E-state index contributed by atoms with van der Waals surface area (Å²) in [5.74, 6) is -0.418. The molecule has 5 nitrogen and oxygen atoms in total. The predicted octanol–water partition coefficient (Wildman–Crippen LogP) is 2.24. The third kappa shape index (κ3) is 2.47. The van der Waals surface area contributed by atoms with Gasteiger partial charge in [0.25, 0.3) is 0 Å². The summed E-state index contributed by atoms with van der Waals surface area (Å²) >= 11 is 2.16. The van der Waals surface area contributed by atoms with E-state index in [-0.39, 0.29) is 0 Å². The van der Waals surface area contributed by atoms with Crippen LogP contribution >= 0.6 is 22.6 Å². The first kappa shape index (κ1) is 12.9. The Hall–Kier alpha value is -1.57. The molecule has 94 valence electrons. The lowest BCUT2D eigenvalue weighted by Gasteiger charge is -2.10. The van der Waals surface area contributed by atoms with Crippen LogP contribution in [0.15, 0.2) is 30.6 Å². The van der Waals surface area contributed by atoms with E-state index in [0.717, 1.165) is 3.57 Å². The highest BCUT2D eigenvalue weighted by molar-refractivity contribution is 14.1. The molecule has 6 heteroatoms. The van der Waals surface area contributed by atoms with Gasteiger partial charge in [0.05, 0.1) is 33.3 Å². The molecule has 2 rings (SSSR count). The Kier molecular flexibility index (Phi) is 3.85. The van der Waals surface area contributed by atoms with Crippen molar-refractivity contribution in [3.05, 3.63) is 39.7 Å². The minimum Gasteiger partial charge on any atom is -0.462 e. The van der Waals surface area contributed by atoms with Gasteiger partial charge in [-0.05, 0) is 41.6 Å². The van der Waals surface area contributed by atoms with E-state index in [2.05, 4.69) is 27.7 Å². The fourth-order valence-electron chi connectivity index (χ4n) is 1.57. The molecule has 1 heterocycles. The second-order valence-electron chi connectivity index (χ2n) is 3.56. The molecule has 2 N–H and O–H groups in total. The summed E-state index contributed by atoms with van der Waals surface area (Å²) in [4.78, 5) is 11.7. The maximum atomic E-state index is 11.7.